The third-order valence-electron chi connectivity index (χ3n) is 4.62. The molecular formula is C19H18N4O4. The van der Waals surface area contributed by atoms with E-state index in [-0.39, 0.29) is 5.82 Å². The van der Waals surface area contributed by atoms with Crippen molar-refractivity contribution in [2.75, 3.05) is 14.2 Å². The predicted octanol–water partition coefficient (Wildman–Crippen LogP) is 3.49. The number of nitrogens with zero attached hydrogens (tertiary/aromatic N) is 3. The first-order valence-corrected chi connectivity index (χ1v) is 8.34. The minimum absolute atomic E-state index is 0.0203. The van der Waals surface area contributed by atoms with Gasteiger partial charge in [-0.25, -0.2) is 14.8 Å². The highest BCUT2D eigenvalue weighted by Gasteiger charge is 2.21. The maximum atomic E-state index is 11.8. The summed E-state index contributed by atoms with van der Waals surface area (Å²) in [6, 6.07) is 3.91. The molecule has 0 aliphatic heterocycles. The summed E-state index contributed by atoms with van der Waals surface area (Å²) < 4.78 is 15.7. The minimum Gasteiger partial charge on any atom is -0.496 e. The topological polar surface area (TPSA) is 103 Å². The number of hydrogen-bond acceptors (Lipinski definition) is 7. The summed E-state index contributed by atoms with van der Waals surface area (Å²) in [7, 11) is 2.92. The second kappa shape index (κ2) is 6.08. The minimum atomic E-state index is -0.576. The standard InChI is InChI=1S/C19H18N4O4/c1-8-16-11-7-14(25-4)12(15-9(2)23-27-10(15)3)6-13(11)21-17(16)22-18(20-8)19(24)26-5/h6-7H,1-5H3,(H,20,21,22). The summed E-state index contributed by atoms with van der Waals surface area (Å²) >= 11 is 0. The van der Waals surface area contributed by atoms with Crippen molar-refractivity contribution in [1.82, 2.24) is 20.1 Å². The average Bonchev–Trinajstić information content (AvgIpc) is 3.18. The molecule has 0 aliphatic carbocycles. The lowest BCUT2D eigenvalue weighted by Crippen LogP contribution is -2.08. The third-order valence-corrected chi connectivity index (χ3v) is 4.62. The van der Waals surface area contributed by atoms with Crippen molar-refractivity contribution >= 4 is 27.9 Å². The molecule has 8 nitrogen and oxygen atoms in total. The second-order valence-corrected chi connectivity index (χ2v) is 6.27. The monoisotopic (exact) mass is 366 g/mol. The summed E-state index contributed by atoms with van der Waals surface area (Å²) in [5.74, 6) is 0.846. The van der Waals surface area contributed by atoms with Crippen LogP contribution in [0.5, 0.6) is 5.75 Å². The number of H-pyrrole nitrogens is 1. The maximum Gasteiger partial charge on any atom is 0.376 e. The molecule has 8 heteroatoms. The fraction of sp³-hybridized carbons (Fsp3) is 0.263. The normalized spacial score (nSPS) is 11.3. The van der Waals surface area contributed by atoms with Gasteiger partial charge in [0, 0.05) is 21.9 Å². The molecule has 0 atom stereocenters. The fourth-order valence-electron chi connectivity index (χ4n) is 3.42. The van der Waals surface area contributed by atoms with Crippen LogP contribution < -0.4 is 4.74 Å². The molecule has 0 saturated heterocycles. The molecule has 27 heavy (non-hydrogen) atoms. The van der Waals surface area contributed by atoms with Gasteiger partial charge in [0.2, 0.25) is 5.82 Å². The number of nitrogens with one attached hydrogen (secondary N) is 1. The van der Waals surface area contributed by atoms with Gasteiger partial charge in [0.1, 0.15) is 17.2 Å². The Kier molecular flexibility index (Phi) is 3.83. The Morgan fingerprint density at radius 1 is 1.11 bits per heavy atom. The Bertz CT molecular complexity index is 1190. The predicted molar refractivity (Wildman–Crippen MR) is 99.0 cm³/mol. The van der Waals surface area contributed by atoms with Crippen molar-refractivity contribution in [1.29, 1.82) is 0 Å². The summed E-state index contributed by atoms with van der Waals surface area (Å²) in [5.41, 5.74) is 4.64. The lowest BCUT2D eigenvalue weighted by molar-refractivity contribution is 0.0587. The number of carbonyl (C=O) groups excluding carboxylic acids is 1. The molecule has 0 radical (unpaired) electrons. The van der Waals surface area contributed by atoms with Crippen LogP contribution in [0.1, 0.15) is 27.8 Å². The smallest absolute Gasteiger partial charge is 0.376 e. The van der Waals surface area contributed by atoms with Gasteiger partial charge >= 0.3 is 5.97 Å². The molecular weight excluding hydrogens is 348 g/mol. The summed E-state index contributed by atoms with van der Waals surface area (Å²) in [6.45, 7) is 5.58. The van der Waals surface area contributed by atoms with Crippen LogP contribution in [0.4, 0.5) is 0 Å². The van der Waals surface area contributed by atoms with Gasteiger partial charge in [-0.05, 0) is 32.9 Å². The van der Waals surface area contributed by atoms with E-state index in [4.69, 9.17) is 14.0 Å². The number of carbonyl (C=O) groups is 1. The molecule has 0 bridgehead atoms. The van der Waals surface area contributed by atoms with Crippen LogP contribution in [0.25, 0.3) is 33.1 Å². The van der Waals surface area contributed by atoms with Crippen LogP contribution >= 0.6 is 0 Å². The van der Waals surface area contributed by atoms with E-state index in [1.54, 1.807) is 7.11 Å². The Balaban J connectivity index is 2.04. The molecule has 4 aromatic rings. The van der Waals surface area contributed by atoms with E-state index >= 15 is 0 Å². The van der Waals surface area contributed by atoms with E-state index in [1.807, 2.05) is 32.9 Å². The number of rotatable bonds is 3. The zero-order valence-electron chi connectivity index (χ0n) is 15.6. The van der Waals surface area contributed by atoms with Gasteiger partial charge in [0.15, 0.2) is 0 Å². The van der Waals surface area contributed by atoms with Crippen LogP contribution in [0.3, 0.4) is 0 Å². The number of esters is 1. The van der Waals surface area contributed by atoms with E-state index in [9.17, 15) is 4.79 Å². The molecule has 0 fully saturated rings. The number of hydrogen-bond donors (Lipinski definition) is 1. The van der Waals surface area contributed by atoms with Gasteiger partial charge in [-0.2, -0.15) is 0 Å². The Morgan fingerprint density at radius 2 is 1.89 bits per heavy atom. The third kappa shape index (κ3) is 2.52. The van der Waals surface area contributed by atoms with Crippen LogP contribution in [0.15, 0.2) is 16.7 Å². The van der Waals surface area contributed by atoms with Gasteiger partial charge in [0.25, 0.3) is 0 Å². The Hall–Kier alpha value is -3.42. The SMILES string of the molecule is COC(=O)c1nc(C)c2c(n1)[nH]c1cc(-c3c(C)noc3C)c(OC)cc12. The number of aromatic amines is 1. The summed E-state index contributed by atoms with van der Waals surface area (Å²) in [4.78, 5) is 23.7. The zero-order chi connectivity index (χ0) is 19.3. The zero-order valence-corrected chi connectivity index (χ0v) is 15.6. The molecule has 0 spiro atoms. The van der Waals surface area contributed by atoms with Crippen LogP contribution in [-0.2, 0) is 4.74 Å². The van der Waals surface area contributed by atoms with Crippen LogP contribution in [-0.4, -0.2) is 40.3 Å². The number of fused-ring (bicyclic) bond motifs is 3. The highest BCUT2D eigenvalue weighted by molar-refractivity contribution is 6.09. The van der Waals surface area contributed by atoms with E-state index in [2.05, 4.69) is 20.1 Å². The van der Waals surface area contributed by atoms with Crippen molar-refractivity contribution < 1.29 is 18.8 Å². The maximum absolute atomic E-state index is 11.8. The lowest BCUT2D eigenvalue weighted by Gasteiger charge is -2.09. The molecule has 0 saturated carbocycles. The first-order chi connectivity index (χ1) is 12.9. The van der Waals surface area contributed by atoms with Crippen molar-refractivity contribution in [2.45, 2.75) is 20.8 Å². The summed E-state index contributed by atoms with van der Waals surface area (Å²) in [6.07, 6.45) is 0. The molecule has 138 valence electrons. The van der Waals surface area contributed by atoms with Crippen molar-refractivity contribution in [3.05, 3.63) is 35.1 Å². The number of ether oxygens (including phenoxy) is 2. The van der Waals surface area contributed by atoms with Gasteiger partial charge < -0.3 is 19.0 Å². The van der Waals surface area contributed by atoms with Gasteiger partial charge in [0.05, 0.1) is 31.2 Å². The average molecular weight is 366 g/mol. The van der Waals surface area contributed by atoms with Crippen molar-refractivity contribution in [3.63, 3.8) is 0 Å². The van der Waals surface area contributed by atoms with E-state index in [1.165, 1.54) is 7.11 Å². The molecule has 0 amide bonds. The highest BCUT2D eigenvalue weighted by atomic mass is 16.5. The second-order valence-electron chi connectivity index (χ2n) is 6.27. The molecule has 0 aliphatic rings. The first-order valence-electron chi connectivity index (χ1n) is 8.34. The van der Waals surface area contributed by atoms with Gasteiger partial charge in [-0.1, -0.05) is 5.16 Å². The highest BCUT2D eigenvalue weighted by Crippen LogP contribution is 2.39. The largest absolute Gasteiger partial charge is 0.496 e. The van der Waals surface area contributed by atoms with E-state index < -0.39 is 5.97 Å². The lowest BCUT2D eigenvalue weighted by atomic mass is 10.0. The van der Waals surface area contributed by atoms with Crippen LogP contribution in [0, 0.1) is 20.8 Å². The molecule has 1 aromatic carbocycles. The van der Waals surface area contributed by atoms with Crippen LogP contribution in [0.2, 0.25) is 0 Å². The molecule has 4 rings (SSSR count). The first kappa shape index (κ1) is 17.0. The number of benzene rings is 1. The molecule has 3 heterocycles. The molecule has 3 aromatic heterocycles. The van der Waals surface area contributed by atoms with Crippen molar-refractivity contribution in [3.8, 4) is 16.9 Å². The van der Waals surface area contributed by atoms with Gasteiger partial charge in [-0.3, -0.25) is 0 Å². The quantitative estimate of drug-likeness (QED) is 0.554. The van der Waals surface area contributed by atoms with Gasteiger partial charge in [-0.15, -0.1) is 0 Å². The number of methoxy groups -OCH3 is 2. The van der Waals surface area contributed by atoms with Crippen molar-refractivity contribution in [2.24, 2.45) is 0 Å². The Labute approximate surface area is 154 Å². The molecule has 1 N–H and O–H groups in total. The van der Waals surface area contributed by atoms with E-state index in [0.717, 1.165) is 33.1 Å². The molecule has 0 unspecified atom stereocenters. The fourth-order valence-corrected chi connectivity index (χ4v) is 3.42. The summed E-state index contributed by atoms with van der Waals surface area (Å²) in [5, 5.41) is 5.77. The van der Waals surface area contributed by atoms with E-state index in [0.29, 0.717) is 22.9 Å². The number of aryl methyl sites for hydroxylation is 3. The number of aromatic nitrogens is 4. The Morgan fingerprint density at radius 3 is 2.52 bits per heavy atom.